The largest absolute Gasteiger partial charge is 0.372 e. The maximum atomic E-state index is 12.8. The first-order chi connectivity index (χ1) is 13.2. The fraction of sp³-hybridized carbons (Fsp3) is 0.261. The molecular weight excluding hydrogens is 352 g/mol. The lowest BCUT2D eigenvalue weighted by molar-refractivity contribution is 0.103. The van der Waals surface area contributed by atoms with Gasteiger partial charge >= 0.3 is 0 Å². The highest BCUT2D eigenvalue weighted by atomic mass is 32.1. The Bertz CT molecular complexity index is 906. The Morgan fingerprint density at radius 2 is 1.63 bits per heavy atom. The van der Waals surface area contributed by atoms with Crippen LogP contribution in [0.15, 0.2) is 60.0 Å². The van der Waals surface area contributed by atoms with Crippen LogP contribution < -0.4 is 10.2 Å². The first kappa shape index (κ1) is 17.8. The highest BCUT2D eigenvalue weighted by Crippen LogP contribution is 2.30. The van der Waals surface area contributed by atoms with Crippen molar-refractivity contribution in [1.29, 1.82) is 0 Å². The van der Waals surface area contributed by atoms with Crippen molar-refractivity contribution in [2.75, 3.05) is 23.3 Å². The molecule has 1 amide bonds. The lowest BCUT2D eigenvalue weighted by Gasteiger charge is -2.28. The molecule has 1 aliphatic heterocycles. The van der Waals surface area contributed by atoms with Gasteiger partial charge in [0.05, 0.1) is 4.88 Å². The number of hydrogen-bond acceptors (Lipinski definition) is 3. The molecule has 1 aromatic heterocycles. The lowest BCUT2D eigenvalue weighted by Crippen LogP contribution is -2.29. The number of amides is 1. The summed E-state index contributed by atoms with van der Waals surface area (Å²) in [7, 11) is 0. The van der Waals surface area contributed by atoms with E-state index in [0.717, 1.165) is 34.8 Å². The molecule has 4 heteroatoms. The molecule has 138 valence electrons. The van der Waals surface area contributed by atoms with E-state index < -0.39 is 0 Å². The molecule has 3 aromatic rings. The molecule has 1 fully saturated rings. The number of aryl methyl sites for hydroxylation is 1. The predicted octanol–water partition coefficient (Wildman–Crippen LogP) is 5.97. The van der Waals surface area contributed by atoms with Gasteiger partial charge < -0.3 is 10.2 Å². The van der Waals surface area contributed by atoms with Gasteiger partial charge in [0.1, 0.15) is 0 Å². The molecule has 0 radical (unpaired) electrons. The monoisotopic (exact) mass is 376 g/mol. The smallest absolute Gasteiger partial charge is 0.266 e. The first-order valence-corrected chi connectivity index (χ1v) is 10.4. The molecule has 1 saturated heterocycles. The maximum absolute atomic E-state index is 12.8. The van der Waals surface area contributed by atoms with E-state index in [4.69, 9.17) is 0 Å². The van der Waals surface area contributed by atoms with Crippen LogP contribution in [0.5, 0.6) is 0 Å². The van der Waals surface area contributed by atoms with Crippen molar-refractivity contribution < 1.29 is 4.79 Å². The minimum atomic E-state index is -0.0497. The number of piperidine rings is 1. The number of nitrogens with one attached hydrogen (secondary N) is 1. The number of benzene rings is 2. The Kier molecular flexibility index (Phi) is 5.26. The Morgan fingerprint density at radius 3 is 2.33 bits per heavy atom. The van der Waals surface area contributed by atoms with Crippen LogP contribution in [-0.4, -0.2) is 19.0 Å². The van der Waals surface area contributed by atoms with Gasteiger partial charge in [0.2, 0.25) is 0 Å². The standard InChI is InChI=1S/C23H24N2OS/c1-17-5-7-18(8-6-17)21-13-16-27-22(21)23(26)24-19-9-11-20(12-10-19)25-14-3-2-4-15-25/h5-13,16H,2-4,14-15H2,1H3,(H,24,26). The fourth-order valence-corrected chi connectivity index (χ4v) is 4.35. The van der Waals surface area contributed by atoms with Gasteiger partial charge in [0, 0.05) is 30.0 Å². The number of nitrogens with zero attached hydrogens (tertiary/aromatic N) is 1. The van der Waals surface area contributed by atoms with Crippen molar-refractivity contribution >= 4 is 28.6 Å². The molecule has 0 saturated carbocycles. The van der Waals surface area contributed by atoms with Gasteiger partial charge in [-0.25, -0.2) is 0 Å². The third-order valence-corrected chi connectivity index (χ3v) is 5.99. The Hall–Kier alpha value is -2.59. The van der Waals surface area contributed by atoms with E-state index in [1.165, 1.54) is 41.9 Å². The Balaban J connectivity index is 1.48. The van der Waals surface area contributed by atoms with E-state index in [-0.39, 0.29) is 5.91 Å². The molecule has 1 aliphatic rings. The van der Waals surface area contributed by atoms with E-state index >= 15 is 0 Å². The van der Waals surface area contributed by atoms with Crippen LogP contribution in [0.25, 0.3) is 11.1 Å². The summed E-state index contributed by atoms with van der Waals surface area (Å²) in [6.07, 6.45) is 3.85. The number of anilines is 2. The zero-order chi connectivity index (χ0) is 18.6. The molecule has 27 heavy (non-hydrogen) atoms. The van der Waals surface area contributed by atoms with Crippen molar-refractivity contribution in [3.63, 3.8) is 0 Å². The van der Waals surface area contributed by atoms with Crippen LogP contribution in [0.3, 0.4) is 0 Å². The summed E-state index contributed by atoms with van der Waals surface area (Å²) in [6.45, 7) is 4.32. The predicted molar refractivity (Wildman–Crippen MR) is 115 cm³/mol. The summed E-state index contributed by atoms with van der Waals surface area (Å²) in [5.41, 5.74) is 5.36. The van der Waals surface area contributed by atoms with Crippen LogP contribution in [0.1, 0.15) is 34.5 Å². The van der Waals surface area contributed by atoms with Gasteiger partial charge in [0.25, 0.3) is 5.91 Å². The normalized spacial score (nSPS) is 14.2. The van der Waals surface area contributed by atoms with E-state index in [9.17, 15) is 4.79 Å². The van der Waals surface area contributed by atoms with Crippen LogP contribution >= 0.6 is 11.3 Å². The first-order valence-electron chi connectivity index (χ1n) is 9.51. The molecule has 0 aliphatic carbocycles. The van der Waals surface area contributed by atoms with Crippen LogP contribution in [0, 0.1) is 6.92 Å². The van der Waals surface area contributed by atoms with Gasteiger partial charge in [0.15, 0.2) is 0 Å². The number of rotatable bonds is 4. The maximum Gasteiger partial charge on any atom is 0.266 e. The third kappa shape index (κ3) is 4.06. The molecule has 1 N–H and O–H groups in total. The minimum absolute atomic E-state index is 0.0497. The number of carbonyl (C=O) groups is 1. The molecule has 0 atom stereocenters. The quantitative estimate of drug-likeness (QED) is 0.609. The van der Waals surface area contributed by atoms with E-state index in [1.807, 2.05) is 23.6 Å². The van der Waals surface area contributed by atoms with Gasteiger partial charge in [-0.2, -0.15) is 0 Å². The highest BCUT2D eigenvalue weighted by molar-refractivity contribution is 7.12. The molecular formula is C23H24N2OS. The highest BCUT2D eigenvalue weighted by Gasteiger charge is 2.15. The summed E-state index contributed by atoms with van der Waals surface area (Å²) < 4.78 is 0. The SMILES string of the molecule is Cc1ccc(-c2ccsc2C(=O)Nc2ccc(N3CCCCC3)cc2)cc1. The van der Waals surface area contributed by atoms with Crippen LogP contribution in [0.2, 0.25) is 0 Å². The van der Waals surface area contributed by atoms with E-state index in [1.54, 1.807) is 0 Å². The second-order valence-corrected chi connectivity index (χ2v) is 7.99. The third-order valence-electron chi connectivity index (χ3n) is 5.08. The molecule has 4 rings (SSSR count). The number of thiophene rings is 1. The van der Waals surface area contributed by atoms with Crippen molar-refractivity contribution in [3.8, 4) is 11.1 Å². The molecule has 2 aromatic carbocycles. The summed E-state index contributed by atoms with van der Waals surface area (Å²) in [5, 5.41) is 5.02. The van der Waals surface area contributed by atoms with Crippen molar-refractivity contribution in [3.05, 3.63) is 70.4 Å². The van der Waals surface area contributed by atoms with Crippen molar-refractivity contribution in [2.24, 2.45) is 0 Å². The van der Waals surface area contributed by atoms with Gasteiger partial charge in [-0.15, -0.1) is 11.3 Å². The van der Waals surface area contributed by atoms with Gasteiger partial charge in [-0.3, -0.25) is 4.79 Å². The summed E-state index contributed by atoms with van der Waals surface area (Å²) in [5.74, 6) is -0.0497. The minimum Gasteiger partial charge on any atom is -0.372 e. The van der Waals surface area contributed by atoms with Crippen molar-refractivity contribution in [2.45, 2.75) is 26.2 Å². The van der Waals surface area contributed by atoms with Gasteiger partial charge in [-0.05, 0) is 67.5 Å². The molecule has 0 unspecified atom stereocenters. The average Bonchev–Trinajstić information content (AvgIpc) is 3.20. The second-order valence-electron chi connectivity index (χ2n) is 7.08. The molecule has 0 spiro atoms. The van der Waals surface area contributed by atoms with E-state index in [0.29, 0.717) is 0 Å². The number of carbonyl (C=O) groups excluding carboxylic acids is 1. The Labute approximate surface area is 164 Å². The molecule has 2 heterocycles. The summed E-state index contributed by atoms with van der Waals surface area (Å²) in [4.78, 5) is 16.0. The Morgan fingerprint density at radius 1 is 0.926 bits per heavy atom. The summed E-state index contributed by atoms with van der Waals surface area (Å²) >= 11 is 1.48. The zero-order valence-electron chi connectivity index (χ0n) is 15.6. The molecule has 3 nitrogen and oxygen atoms in total. The average molecular weight is 377 g/mol. The van der Waals surface area contributed by atoms with Gasteiger partial charge in [-0.1, -0.05) is 29.8 Å². The second kappa shape index (κ2) is 7.97. The van der Waals surface area contributed by atoms with Crippen LogP contribution in [-0.2, 0) is 0 Å². The van der Waals surface area contributed by atoms with E-state index in [2.05, 4.69) is 53.5 Å². The summed E-state index contributed by atoms with van der Waals surface area (Å²) in [6, 6.07) is 18.5. The van der Waals surface area contributed by atoms with Crippen molar-refractivity contribution in [1.82, 2.24) is 0 Å². The van der Waals surface area contributed by atoms with Crippen LogP contribution in [0.4, 0.5) is 11.4 Å². The zero-order valence-corrected chi connectivity index (χ0v) is 16.4. The fourth-order valence-electron chi connectivity index (χ4n) is 3.54. The lowest BCUT2D eigenvalue weighted by atomic mass is 10.0. The number of hydrogen-bond donors (Lipinski definition) is 1. The molecule has 0 bridgehead atoms. The topological polar surface area (TPSA) is 32.3 Å².